The molecule has 0 radical (unpaired) electrons. The number of nitrogens with one attached hydrogen (secondary N) is 1. The number of carbonyl (C=O) groups excluding carboxylic acids is 4. The number of rotatable bonds is 6. The van der Waals surface area contributed by atoms with Gasteiger partial charge in [-0.2, -0.15) is 5.01 Å². The van der Waals surface area contributed by atoms with Crippen molar-refractivity contribution in [2.75, 3.05) is 17.4 Å². The summed E-state index contributed by atoms with van der Waals surface area (Å²) in [5.41, 5.74) is 5.02. The summed E-state index contributed by atoms with van der Waals surface area (Å²) in [7, 11) is 1.55. The largest absolute Gasteiger partial charge is 0.507 e. The topological polar surface area (TPSA) is 116 Å². The van der Waals surface area contributed by atoms with Crippen LogP contribution in [0.15, 0.2) is 109 Å². The minimum Gasteiger partial charge on any atom is -0.507 e. The van der Waals surface area contributed by atoms with E-state index in [2.05, 4.69) is 5.43 Å². The van der Waals surface area contributed by atoms with Crippen LogP contribution in [0.2, 0.25) is 15.1 Å². The molecule has 12 heteroatoms. The Morgan fingerprint density at radius 3 is 2.27 bits per heavy atom. The number of halogens is 3. The minimum atomic E-state index is -1.56. The van der Waals surface area contributed by atoms with E-state index in [-0.39, 0.29) is 35.4 Å². The highest BCUT2D eigenvalue weighted by Crippen LogP contribution is 2.65. The van der Waals surface area contributed by atoms with Crippen LogP contribution < -0.4 is 15.1 Å². The molecule has 1 saturated carbocycles. The zero-order valence-electron chi connectivity index (χ0n) is 30.1. The number of carbonyl (C=O) groups is 4. The van der Waals surface area contributed by atoms with Crippen molar-refractivity contribution in [2.45, 2.75) is 31.1 Å². The molecular weight excluding hydrogens is 773 g/mol. The Balaban J connectivity index is 1.28. The Morgan fingerprint density at radius 1 is 0.804 bits per heavy atom. The Hall–Kier alpha value is -5.35. The molecule has 4 aliphatic rings. The molecule has 2 aliphatic heterocycles. The summed E-state index contributed by atoms with van der Waals surface area (Å²) in [5.74, 6) is -5.02. The number of phenolic OH excluding ortho intramolecular Hbond substituents is 1. The maximum atomic E-state index is 15.6. The Labute approximate surface area is 337 Å². The number of benzene rings is 5. The zero-order chi connectivity index (χ0) is 39.2. The van der Waals surface area contributed by atoms with Crippen LogP contribution in [0.25, 0.3) is 10.8 Å². The maximum absolute atomic E-state index is 15.6. The van der Waals surface area contributed by atoms with Gasteiger partial charge in [0.2, 0.25) is 11.8 Å². The van der Waals surface area contributed by atoms with E-state index in [0.29, 0.717) is 49.1 Å². The van der Waals surface area contributed by atoms with Gasteiger partial charge in [0.25, 0.3) is 11.8 Å². The molecule has 0 spiro atoms. The SMILES string of the molecule is COc1ccc([C@@]23C(=O)N(Nc4ccc(Cl)cc4Cl)C(=O)[C@@H]2C[C@@H]2C(=CC[C@@H]4C(=O)N(c5ccc(C)c(Cl)c5)C(=O)[C@@H]42)[C@@H]3c2ccc(O)c3ccccc23)cc1. The number of imide groups is 2. The van der Waals surface area contributed by atoms with Crippen molar-refractivity contribution in [3.63, 3.8) is 0 Å². The van der Waals surface area contributed by atoms with Gasteiger partial charge in [0.05, 0.1) is 46.7 Å². The van der Waals surface area contributed by atoms with Crippen LogP contribution in [0.1, 0.15) is 35.4 Å². The van der Waals surface area contributed by atoms with Crippen molar-refractivity contribution in [1.29, 1.82) is 0 Å². The van der Waals surface area contributed by atoms with Crippen molar-refractivity contribution < 1.29 is 29.0 Å². The van der Waals surface area contributed by atoms with Gasteiger partial charge in [-0.15, -0.1) is 0 Å². The first-order valence-corrected chi connectivity index (χ1v) is 19.4. The number of fused-ring (bicyclic) bond motifs is 5. The molecule has 56 heavy (non-hydrogen) atoms. The van der Waals surface area contributed by atoms with Gasteiger partial charge in [-0.05, 0) is 96.3 Å². The molecule has 9 nitrogen and oxygen atoms in total. The number of hydrogen-bond acceptors (Lipinski definition) is 7. The minimum absolute atomic E-state index is 0.0583. The average Bonchev–Trinajstić information content (AvgIpc) is 3.58. The van der Waals surface area contributed by atoms with Crippen LogP contribution in [0.4, 0.5) is 11.4 Å². The van der Waals surface area contributed by atoms with E-state index in [1.54, 1.807) is 67.8 Å². The lowest BCUT2D eigenvalue weighted by molar-refractivity contribution is -0.138. The number of hydrazine groups is 1. The lowest BCUT2D eigenvalue weighted by atomic mass is 9.49. The van der Waals surface area contributed by atoms with E-state index in [0.717, 1.165) is 16.1 Å². The van der Waals surface area contributed by atoms with Crippen LogP contribution in [0.3, 0.4) is 0 Å². The number of allylic oxidation sites excluding steroid dienone is 2. The number of aromatic hydroxyl groups is 1. The van der Waals surface area contributed by atoms with Crippen molar-refractivity contribution in [3.8, 4) is 11.5 Å². The number of anilines is 2. The third-order valence-corrected chi connectivity index (χ3v) is 13.2. The lowest BCUT2D eigenvalue weighted by Crippen LogP contribution is -2.53. The van der Waals surface area contributed by atoms with Gasteiger partial charge in [-0.25, -0.2) is 4.90 Å². The highest BCUT2D eigenvalue weighted by Gasteiger charge is 2.70. The summed E-state index contributed by atoms with van der Waals surface area (Å²) in [6, 6.07) is 27.7. The second-order valence-electron chi connectivity index (χ2n) is 14.9. The predicted octanol–water partition coefficient (Wildman–Crippen LogP) is 9.01. The van der Waals surface area contributed by atoms with Crippen LogP contribution in [0.5, 0.6) is 11.5 Å². The predicted molar refractivity (Wildman–Crippen MR) is 215 cm³/mol. The fourth-order valence-corrected chi connectivity index (χ4v) is 10.3. The third kappa shape index (κ3) is 5.21. The summed E-state index contributed by atoms with van der Waals surface area (Å²) >= 11 is 19.3. The fraction of sp³-hybridized carbons (Fsp3) is 0.227. The van der Waals surface area contributed by atoms with Gasteiger partial charge in [0.1, 0.15) is 11.5 Å². The molecule has 5 aromatic rings. The molecule has 5 aromatic carbocycles. The summed E-state index contributed by atoms with van der Waals surface area (Å²) in [5, 5.41) is 14.4. The molecule has 2 heterocycles. The second kappa shape index (κ2) is 13.4. The van der Waals surface area contributed by atoms with E-state index in [1.807, 2.05) is 43.3 Å². The summed E-state index contributed by atoms with van der Waals surface area (Å²) in [4.78, 5) is 60.9. The highest BCUT2D eigenvalue weighted by atomic mass is 35.5. The smallest absolute Gasteiger partial charge is 0.260 e. The number of aryl methyl sites for hydroxylation is 1. The van der Waals surface area contributed by atoms with Crippen LogP contribution in [-0.4, -0.2) is 40.9 Å². The van der Waals surface area contributed by atoms with Gasteiger partial charge in [-0.3, -0.25) is 24.6 Å². The Morgan fingerprint density at radius 2 is 1.55 bits per heavy atom. The first-order chi connectivity index (χ1) is 26.9. The highest BCUT2D eigenvalue weighted by molar-refractivity contribution is 6.36. The molecule has 2 N–H and O–H groups in total. The number of hydrogen-bond donors (Lipinski definition) is 2. The molecule has 6 atom stereocenters. The van der Waals surface area contributed by atoms with Crippen LogP contribution >= 0.6 is 34.8 Å². The Kier molecular flexibility index (Phi) is 8.68. The monoisotopic (exact) mass is 805 g/mol. The van der Waals surface area contributed by atoms with Gasteiger partial charge >= 0.3 is 0 Å². The van der Waals surface area contributed by atoms with Crippen molar-refractivity contribution in [2.24, 2.45) is 23.7 Å². The molecule has 0 unspecified atom stereocenters. The van der Waals surface area contributed by atoms with Crippen molar-refractivity contribution >= 4 is 80.6 Å². The molecule has 9 rings (SSSR count). The van der Waals surface area contributed by atoms with E-state index in [4.69, 9.17) is 39.5 Å². The van der Waals surface area contributed by atoms with E-state index < -0.39 is 46.8 Å². The molecule has 0 aromatic heterocycles. The summed E-state index contributed by atoms with van der Waals surface area (Å²) in [6.45, 7) is 1.85. The number of nitrogens with zero attached hydrogens (tertiary/aromatic N) is 2. The Bertz CT molecular complexity index is 2560. The van der Waals surface area contributed by atoms with Gasteiger partial charge in [0.15, 0.2) is 0 Å². The number of ether oxygens (including phenoxy) is 1. The van der Waals surface area contributed by atoms with Gasteiger partial charge in [0, 0.05) is 21.3 Å². The number of methoxy groups -OCH3 is 1. The average molecular weight is 807 g/mol. The summed E-state index contributed by atoms with van der Waals surface area (Å²) < 4.78 is 5.51. The van der Waals surface area contributed by atoms with Crippen molar-refractivity contribution in [3.05, 3.63) is 140 Å². The van der Waals surface area contributed by atoms with Crippen LogP contribution in [-0.2, 0) is 24.6 Å². The molecule has 3 fully saturated rings. The zero-order valence-corrected chi connectivity index (χ0v) is 32.4. The van der Waals surface area contributed by atoms with Gasteiger partial charge in [-0.1, -0.05) is 95.0 Å². The van der Waals surface area contributed by atoms with Crippen LogP contribution in [0, 0.1) is 30.6 Å². The maximum Gasteiger partial charge on any atom is 0.260 e. The van der Waals surface area contributed by atoms with Crippen molar-refractivity contribution in [1.82, 2.24) is 5.01 Å². The summed E-state index contributed by atoms with van der Waals surface area (Å²) in [6.07, 6.45) is 2.35. The first-order valence-electron chi connectivity index (χ1n) is 18.2. The molecule has 4 amide bonds. The second-order valence-corrected chi connectivity index (χ2v) is 16.1. The van der Waals surface area contributed by atoms with E-state index in [1.165, 1.54) is 11.0 Å². The first kappa shape index (κ1) is 36.3. The number of amides is 4. The normalized spacial score (nSPS) is 25.6. The number of phenols is 1. The fourth-order valence-electron chi connectivity index (χ4n) is 9.72. The molecule has 2 saturated heterocycles. The molecular formula is C44H34Cl3N3O6. The quantitative estimate of drug-likeness (QED) is 0.130. The molecule has 282 valence electrons. The van der Waals surface area contributed by atoms with E-state index in [9.17, 15) is 14.7 Å². The van der Waals surface area contributed by atoms with Gasteiger partial charge < -0.3 is 9.84 Å². The lowest BCUT2D eigenvalue weighted by Gasteiger charge is -2.51. The van der Waals surface area contributed by atoms with E-state index >= 15 is 9.59 Å². The molecule has 0 bridgehead atoms. The molecule has 2 aliphatic carbocycles. The standard InChI is InChI=1S/C44H34Cl3N3O6/c1-22-7-11-25(20-34(22)46)49-40(52)31-15-14-30-32(38(31)42(49)54)21-33-41(53)50(48-36-17-10-24(45)19-35(36)47)43(55)44(33,23-8-12-26(56-2)13-9-23)39(30)29-16-18-37(51)28-6-4-3-5-27(28)29/h3-14,16-20,31-33,38-39,48,51H,15,21H2,1-2H3/t31-,32+,33-,38-,39-,44+/m0/s1. The third-order valence-electron chi connectivity index (χ3n) is 12.2.